The molecule has 15 heavy (non-hydrogen) atoms. The summed E-state index contributed by atoms with van der Waals surface area (Å²) < 4.78 is 7.27. The van der Waals surface area contributed by atoms with Crippen LogP contribution in [0.1, 0.15) is 0 Å². The minimum Gasteiger partial charge on any atom is -0.454 e. The molecule has 2 aromatic heterocycles. The van der Waals surface area contributed by atoms with Gasteiger partial charge in [0.15, 0.2) is 5.75 Å². The van der Waals surface area contributed by atoms with E-state index in [1.54, 1.807) is 29.3 Å². The lowest BCUT2D eigenvalue weighted by atomic mass is 10.4. The molecule has 0 amide bonds. The zero-order valence-corrected chi connectivity index (χ0v) is 8.64. The van der Waals surface area contributed by atoms with E-state index in [1.165, 1.54) is 0 Å². The average Bonchev–Trinajstić information content (AvgIpc) is 2.64. The summed E-state index contributed by atoms with van der Waals surface area (Å²) in [6.45, 7) is 0. The van der Waals surface area contributed by atoms with Crippen molar-refractivity contribution in [3.8, 4) is 11.5 Å². The second kappa shape index (κ2) is 4.00. The number of rotatable bonds is 3. The van der Waals surface area contributed by atoms with Gasteiger partial charge in [0.1, 0.15) is 11.6 Å². The number of hydrogen-bond acceptors (Lipinski definition) is 4. The molecule has 0 saturated heterocycles. The lowest BCUT2D eigenvalue weighted by molar-refractivity contribution is 0.481. The Morgan fingerprint density at radius 1 is 1.40 bits per heavy atom. The second-order valence-corrected chi connectivity index (χ2v) is 3.08. The highest BCUT2D eigenvalue weighted by Gasteiger charge is 2.00. The van der Waals surface area contributed by atoms with Gasteiger partial charge in [-0.2, -0.15) is 5.10 Å². The lowest BCUT2D eigenvalue weighted by Gasteiger charge is -2.04. The van der Waals surface area contributed by atoms with Gasteiger partial charge in [0, 0.05) is 26.4 Å². The van der Waals surface area contributed by atoms with E-state index in [9.17, 15) is 0 Å². The maximum atomic E-state index is 5.58. The first-order chi connectivity index (χ1) is 7.28. The molecule has 5 heteroatoms. The van der Waals surface area contributed by atoms with Crippen LogP contribution in [0.5, 0.6) is 11.5 Å². The Morgan fingerprint density at radius 2 is 2.27 bits per heavy atom. The van der Waals surface area contributed by atoms with Gasteiger partial charge in [-0.3, -0.25) is 4.68 Å². The Kier molecular flexibility index (Phi) is 2.53. The van der Waals surface area contributed by atoms with Gasteiger partial charge in [-0.1, -0.05) is 0 Å². The molecular formula is C10H12N4O. The maximum Gasteiger partial charge on any atom is 0.165 e. The first-order valence-corrected chi connectivity index (χ1v) is 4.58. The van der Waals surface area contributed by atoms with E-state index in [2.05, 4.69) is 15.4 Å². The Morgan fingerprint density at radius 3 is 2.93 bits per heavy atom. The van der Waals surface area contributed by atoms with Crippen LogP contribution < -0.4 is 10.1 Å². The number of nitrogens with zero attached hydrogens (tertiary/aromatic N) is 3. The van der Waals surface area contributed by atoms with Gasteiger partial charge in [-0.15, -0.1) is 0 Å². The van der Waals surface area contributed by atoms with Gasteiger partial charge >= 0.3 is 0 Å². The molecule has 2 aromatic rings. The molecule has 0 atom stereocenters. The predicted molar refractivity (Wildman–Crippen MR) is 57.1 cm³/mol. The zero-order valence-electron chi connectivity index (χ0n) is 8.64. The fourth-order valence-corrected chi connectivity index (χ4v) is 1.20. The standard InChI is InChI=1S/C10H12N4O/c1-11-10-5-8(3-4-12-10)15-9-6-13-14(2)7-9/h3-7H,1-2H3,(H,11,12). The predicted octanol–water partition coefficient (Wildman–Crippen LogP) is 1.65. The molecule has 0 fully saturated rings. The van der Waals surface area contributed by atoms with Gasteiger partial charge in [-0.25, -0.2) is 4.98 Å². The summed E-state index contributed by atoms with van der Waals surface area (Å²) in [7, 11) is 3.66. The van der Waals surface area contributed by atoms with Crippen molar-refractivity contribution in [1.29, 1.82) is 0 Å². The summed E-state index contributed by atoms with van der Waals surface area (Å²) in [5, 5.41) is 6.96. The summed E-state index contributed by atoms with van der Waals surface area (Å²) >= 11 is 0. The van der Waals surface area contributed by atoms with Crippen LogP contribution in [0.4, 0.5) is 5.82 Å². The van der Waals surface area contributed by atoms with Crippen LogP contribution >= 0.6 is 0 Å². The number of hydrogen-bond donors (Lipinski definition) is 1. The minimum absolute atomic E-state index is 0.714. The molecule has 0 spiro atoms. The zero-order chi connectivity index (χ0) is 10.7. The van der Waals surface area contributed by atoms with Crippen molar-refractivity contribution in [1.82, 2.24) is 14.8 Å². The molecule has 0 radical (unpaired) electrons. The van der Waals surface area contributed by atoms with Gasteiger partial charge in [0.25, 0.3) is 0 Å². The molecule has 78 valence electrons. The van der Waals surface area contributed by atoms with Crippen LogP contribution in [0.3, 0.4) is 0 Å². The van der Waals surface area contributed by atoms with E-state index in [-0.39, 0.29) is 0 Å². The molecule has 0 bridgehead atoms. The average molecular weight is 204 g/mol. The molecule has 0 unspecified atom stereocenters. The molecule has 0 aliphatic heterocycles. The van der Waals surface area contributed by atoms with Crippen LogP contribution in [-0.2, 0) is 7.05 Å². The van der Waals surface area contributed by atoms with Crippen molar-refractivity contribution in [3.63, 3.8) is 0 Å². The third kappa shape index (κ3) is 2.25. The van der Waals surface area contributed by atoms with Gasteiger partial charge in [-0.05, 0) is 6.07 Å². The van der Waals surface area contributed by atoms with Crippen molar-refractivity contribution in [3.05, 3.63) is 30.7 Å². The SMILES string of the molecule is CNc1cc(Oc2cnn(C)c2)ccn1. The quantitative estimate of drug-likeness (QED) is 0.825. The summed E-state index contributed by atoms with van der Waals surface area (Å²) in [6, 6.07) is 3.63. The fraction of sp³-hybridized carbons (Fsp3) is 0.200. The number of nitrogens with one attached hydrogen (secondary N) is 1. The number of aryl methyl sites for hydroxylation is 1. The Labute approximate surface area is 87.7 Å². The van der Waals surface area contributed by atoms with E-state index in [4.69, 9.17) is 4.74 Å². The first kappa shape index (κ1) is 9.51. The number of ether oxygens (including phenoxy) is 1. The smallest absolute Gasteiger partial charge is 0.165 e. The van der Waals surface area contributed by atoms with Crippen LogP contribution in [0.15, 0.2) is 30.7 Å². The maximum absolute atomic E-state index is 5.58. The Bertz CT molecular complexity index is 452. The van der Waals surface area contributed by atoms with E-state index in [0.717, 1.165) is 11.6 Å². The van der Waals surface area contributed by atoms with Gasteiger partial charge in [0.2, 0.25) is 0 Å². The van der Waals surface area contributed by atoms with Crippen molar-refractivity contribution in [2.24, 2.45) is 7.05 Å². The molecular weight excluding hydrogens is 192 g/mol. The minimum atomic E-state index is 0.714. The molecule has 1 N–H and O–H groups in total. The molecule has 0 aliphatic carbocycles. The highest BCUT2D eigenvalue weighted by atomic mass is 16.5. The molecule has 0 aromatic carbocycles. The molecule has 0 saturated carbocycles. The highest BCUT2D eigenvalue weighted by molar-refractivity contribution is 5.41. The first-order valence-electron chi connectivity index (χ1n) is 4.58. The Hall–Kier alpha value is -2.04. The molecule has 5 nitrogen and oxygen atoms in total. The van der Waals surface area contributed by atoms with E-state index in [0.29, 0.717) is 5.75 Å². The summed E-state index contributed by atoms with van der Waals surface area (Å²) in [5.41, 5.74) is 0. The number of pyridine rings is 1. The lowest BCUT2D eigenvalue weighted by Crippen LogP contribution is -1.92. The highest BCUT2D eigenvalue weighted by Crippen LogP contribution is 2.21. The summed E-state index contributed by atoms with van der Waals surface area (Å²) in [6.07, 6.45) is 5.16. The van der Waals surface area contributed by atoms with Crippen LogP contribution in [0.2, 0.25) is 0 Å². The van der Waals surface area contributed by atoms with Crippen LogP contribution in [-0.4, -0.2) is 21.8 Å². The second-order valence-electron chi connectivity index (χ2n) is 3.08. The van der Waals surface area contributed by atoms with Crippen LogP contribution in [0.25, 0.3) is 0 Å². The largest absolute Gasteiger partial charge is 0.454 e. The molecule has 2 rings (SSSR count). The summed E-state index contributed by atoms with van der Waals surface area (Å²) in [5.74, 6) is 2.23. The fourth-order valence-electron chi connectivity index (χ4n) is 1.20. The van der Waals surface area contributed by atoms with E-state index in [1.807, 2.05) is 20.2 Å². The molecule has 2 heterocycles. The normalized spacial score (nSPS) is 10.0. The van der Waals surface area contributed by atoms with Gasteiger partial charge in [0.05, 0.1) is 12.4 Å². The Balaban J connectivity index is 2.16. The third-order valence-electron chi connectivity index (χ3n) is 1.90. The number of aromatic nitrogens is 3. The third-order valence-corrected chi connectivity index (χ3v) is 1.90. The topological polar surface area (TPSA) is 52.0 Å². The van der Waals surface area contributed by atoms with E-state index >= 15 is 0 Å². The molecule has 0 aliphatic rings. The summed E-state index contributed by atoms with van der Waals surface area (Å²) in [4.78, 5) is 4.09. The van der Waals surface area contributed by atoms with E-state index < -0.39 is 0 Å². The van der Waals surface area contributed by atoms with Crippen molar-refractivity contribution in [2.75, 3.05) is 12.4 Å². The van der Waals surface area contributed by atoms with Crippen LogP contribution in [0, 0.1) is 0 Å². The number of anilines is 1. The monoisotopic (exact) mass is 204 g/mol. The van der Waals surface area contributed by atoms with Crippen molar-refractivity contribution < 1.29 is 4.74 Å². The van der Waals surface area contributed by atoms with Crippen molar-refractivity contribution >= 4 is 5.82 Å². The van der Waals surface area contributed by atoms with Gasteiger partial charge < -0.3 is 10.1 Å². The van der Waals surface area contributed by atoms with Crippen molar-refractivity contribution in [2.45, 2.75) is 0 Å².